The predicted octanol–water partition coefficient (Wildman–Crippen LogP) is 3.91. The van der Waals surface area contributed by atoms with Gasteiger partial charge in [0.25, 0.3) is 0 Å². The summed E-state index contributed by atoms with van der Waals surface area (Å²) < 4.78 is 26.1. The van der Waals surface area contributed by atoms with E-state index in [-0.39, 0.29) is 11.5 Å². The maximum atomic E-state index is 13.0. The standard InChI is InChI=1S/C14H11F2NO/c1-9(18)13-4-2-3-5-14(13)17-12-7-10(15)6-11(16)8-12/h2-8,17H,1H3. The lowest BCUT2D eigenvalue weighted by Crippen LogP contribution is -2.00. The van der Waals surface area contributed by atoms with E-state index in [9.17, 15) is 13.6 Å². The molecule has 0 saturated carbocycles. The molecule has 0 aliphatic carbocycles. The molecule has 0 aromatic heterocycles. The number of ketones is 1. The topological polar surface area (TPSA) is 29.1 Å². The second-order valence-electron chi connectivity index (χ2n) is 3.88. The molecule has 0 amide bonds. The smallest absolute Gasteiger partial charge is 0.161 e. The van der Waals surface area contributed by atoms with Gasteiger partial charge in [0.2, 0.25) is 0 Å². The molecule has 0 fully saturated rings. The molecular weight excluding hydrogens is 236 g/mol. The molecule has 0 aliphatic heterocycles. The zero-order valence-electron chi connectivity index (χ0n) is 9.71. The summed E-state index contributed by atoms with van der Waals surface area (Å²) in [7, 11) is 0. The number of anilines is 2. The predicted molar refractivity (Wildman–Crippen MR) is 66.1 cm³/mol. The second kappa shape index (κ2) is 4.96. The Kier molecular flexibility index (Phi) is 3.37. The molecule has 2 aromatic carbocycles. The third-order valence-electron chi connectivity index (χ3n) is 2.45. The van der Waals surface area contributed by atoms with Gasteiger partial charge in [0.15, 0.2) is 5.78 Å². The Bertz CT molecular complexity index is 576. The summed E-state index contributed by atoms with van der Waals surface area (Å²) in [5.74, 6) is -1.45. The zero-order chi connectivity index (χ0) is 13.1. The number of hydrogen-bond acceptors (Lipinski definition) is 2. The molecule has 18 heavy (non-hydrogen) atoms. The third-order valence-corrected chi connectivity index (χ3v) is 2.45. The molecule has 1 N–H and O–H groups in total. The number of hydrogen-bond donors (Lipinski definition) is 1. The van der Waals surface area contributed by atoms with Crippen LogP contribution >= 0.6 is 0 Å². The molecule has 0 saturated heterocycles. The van der Waals surface area contributed by atoms with E-state index in [2.05, 4.69) is 5.32 Å². The van der Waals surface area contributed by atoms with Crippen LogP contribution in [0, 0.1) is 11.6 Å². The molecule has 0 radical (unpaired) electrons. The first-order valence-corrected chi connectivity index (χ1v) is 5.39. The molecule has 0 spiro atoms. The monoisotopic (exact) mass is 247 g/mol. The number of nitrogens with one attached hydrogen (secondary N) is 1. The highest BCUT2D eigenvalue weighted by Gasteiger charge is 2.07. The van der Waals surface area contributed by atoms with E-state index in [4.69, 9.17) is 0 Å². The van der Waals surface area contributed by atoms with E-state index in [0.717, 1.165) is 6.07 Å². The van der Waals surface area contributed by atoms with Gasteiger partial charge < -0.3 is 5.32 Å². The van der Waals surface area contributed by atoms with Gasteiger partial charge in [-0.1, -0.05) is 12.1 Å². The van der Waals surface area contributed by atoms with Crippen LogP contribution in [0.4, 0.5) is 20.2 Å². The fourth-order valence-corrected chi connectivity index (χ4v) is 1.68. The van der Waals surface area contributed by atoms with Crippen LogP contribution in [-0.2, 0) is 0 Å². The highest BCUT2D eigenvalue weighted by Crippen LogP contribution is 2.22. The first-order chi connectivity index (χ1) is 8.56. The minimum Gasteiger partial charge on any atom is -0.355 e. The summed E-state index contributed by atoms with van der Waals surface area (Å²) in [5.41, 5.74) is 1.26. The maximum Gasteiger partial charge on any atom is 0.161 e. The number of rotatable bonds is 3. The van der Waals surface area contributed by atoms with Crippen LogP contribution in [-0.4, -0.2) is 5.78 Å². The van der Waals surface area contributed by atoms with Crippen molar-refractivity contribution in [2.75, 3.05) is 5.32 Å². The highest BCUT2D eigenvalue weighted by atomic mass is 19.1. The van der Waals surface area contributed by atoms with E-state index in [1.54, 1.807) is 24.3 Å². The molecular formula is C14H11F2NO. The quantitative estimate of drug-likeness (QED) is 0.833. The molecule has 2 nitrogen and oxygen atoms in total. The lowest BCUT2D eigenvalue weighted by molar-refractivity contribution is 0.101. The van der Waals surface area contributed by atoms with Crippen LogP contribution in [0.3, 0.4) is 0 Å². The van der Waals surface area contributed by atoms with Crippen molar-refractivity contribution in [1.29, 1.82) is 0 Å². The largest absolute Gasteiger partial charge is 0.355 e. The first kappa shape index (κ1) is 12.2. The zero-order valence-corrected chi connectivity index (χ0v) is 9.71. The number of para-hydroxylation sites is 1. The van der Waals surface area contributed by atoms with Crippen LogP contribution in [0.1, 0.15) is 17.3 Å². The molecule has 0 unspecified atom stereocenters. The second-order valence-corrected chi connectivity index (χ2v) is 3.88. The fraction of sp³-hybridized carbons (Fsp3) is 0.0714. The molecule has 0 bridgehead atoms. The normalized spacial score (nSPS) is 10.2. The summed E-state index contributed by atoms with van der Waals surface area (Å²) in [6, 6.07) is 9.93. The van der Waals surface area contributed by atoms with Crippen molar-refractivity contribution in [2.24, 2.45) is 0 Å². The average molecular weight is 247 g/mol. The summed E-state index contributed by atoms with van der Waals surface area (Å²) >= 11 is 0. The molecule has 4 heteroatoms. The molecule has 2 aromatic rings. The minimum atomic E-state index is -0.669. The Morgan fingerprint density at radius 3 is 2.28 bits per heavy atom. The van der Waals surface area contributed by atoms with E-state index in [0.29, 0.717) is 11.3 Å². The van der Waals surface area contributed by atoms with Gasteiger partial charge in [0.05, 0.1) is 0 Å². The van der Waals surface area contributed by atoms with Crippen molar-refractivity contribution >= 4 is 17.2 Å². The van der Waals surface area contributed by atoms with Crippen molar-refractivity contribution < 1.29 is 13.6 Å². The van der Waals surface area contributed by atoms with Gasteiger partial charge in [0.1, 0.15) is 11.6 Å². The SMILES string of the molecule is CC(=O)c1ccccc1Nc1cc(F)cc(F)c1. The van der Waals surface area contributed by atoms with Crippen LogP contribution in [0.25, 0.3) is 0 Å². The van der Waals surface area contributed by atoms with E-state index in [1.165, 1.54) is 19.1 Å². The minimum absolute atomic E-state index is 0.116. The maximum absolute atomic E-state index is 13.0. The Hall–Kier alpha value is -2.23. The number of halogens is 2. The van der Waals surface area contributed by atoms with E-state index in [1.807, 2.05) is 0 Å². The molecule has 0 atom stereocenters. The van der Waals surface area contributed by atoms with E-state index >= 15 is 0 Å². The Morgan fingerprint density at radius 1 is 1.06 bits per heavy atom. The van der Waals surface area contributed by atoms with Crippen LogP contribution in [0.15, 0.2) is 42.5 Å². The number of carbonyl (C=O) groups is 1. The van der Waals surface area contributed by atoms with Crippen molar-refractivity contribution in [3.63, 3.8) is 0 Å². The van der Waals surface area contributed by atoms with Crippen LogP contribution in [0.5, 0.6) is 0 Å². The van der Waals surface area contributed by atoms with Gasteiger partial charge in [0, 0.05) is 23.0 Å². The number of Topliss-reactive ketones (excluding diaryl/α,β-unsaturated/α-hetero) is 1. The number of carbonyl (C=O) groups excluding carboxylic acids is 1. The highest BCUT2D eigenvalue weighted by molar-refractivity contribution is 6.00. The lowest BCUT2D eigenvalue weighted by atomic mass is 10.1. The van der Waals surface area contributed by atoms with Crippen molar-refractivity contribution in [1.82, 2.24) is 0 Å². The molecule has 2 rings (SSSR count). The van der Waals surface area contributed by atoms with Crippen LogP contribution < -0.4 is 5.32 Å². The van der Waals surface area contributed by atoms with Gasteiger partial charge in [-0.15, -0.1) is 0 Å². The third kappa shape index (κ3) is 2.71. The summed E-state index contributed by atoms with van der Waals surface area (Å²) in [5, 5.41) is 2.83. The molecule has 92 valence electrons. The summed E-state index contributed by atoms with van der Waals surface area (Å²) in [4.78, 5) is 11.4. The van der Waals surface area contributed by atoms with Gasteiger partial charge in [-0.25, -0.2) is 8.78 Å². The number of benzene rings is 2. The van der Waals surface area contributed by atoms with Crippen molar-refractivity contribution in [3.05, 3.63) is 59.7 Å². The van der Waals surface area contributed by atoms with E-state index < -0.39 is 11.6 Å². The van der Waals surface area contributed by atoms with Gasteiger partial charge in [-0.3, -0.25) is 4.79 Å². The summed E-state index contributed by atoms with van der Waals surface area (Å²) in [6.45, 7) is 1.44. The summed E-state index contributed by atoms with van der Waals surface area (Å²) in [6.07, 6.45) is 0. The average Bonchev–Trinajstić information content (AvgIpc) is 2.27. The lowest BCUT2D eigenvalue weighted by Gasteiger charge is -2.10. The van der Waals surface area contributed by atoms with Crippen molar-refractivity contribution in [3.8, 4) is 0 Å². The Morgan fingerprint density at radius 2 is 1.67 bits per heavy atom. The Labute approximate surface area is 103 Å². The van der Waals surface area contributed by atoms with Crippen LogP contribution in [0.2, 0.25) is 0 Å². The molecule has 0 aliphatic rings. The Balaban J connectivity index is 2.37. The van der Waals surface area contributed by atoms with Gasteiger partial charge in [-0.05, 0) is 31.2 Å². The van der Waals surface area contributed by atoms with Crippen molar-refractivity contribution in [2.45, 2.75) is 6.92 Å². The first-order valence-electron chi connectivity index (χ1n) is 5.39. The van der Waals surface area contributed by atoms with Gasteiger partial charge in [-0.2, -0.15) is 0 Å². The van der Waals surface area contributed by atoms with Gasteiger partial charge >= 0.3 is 0 Å². The molecule has 0 heterocycles. The fourth-order valence-electron chi connectivity index (χ4n) is 1.68.